The zero-order valence-electron chi connectivity index (χ0n) is 10.7. The summed E-state index contributed by atoms with van der Waals surface area (Å²) in [6.07, 6.45) is 3.54. The molecule has 0 unspecified atom stereocenters. The van der Waals surface area contributed by atoms with E-state index in [9.17, 15) is 4.79 Å². The maximum atomic E-state index is 10.9. The second kappa shape index (κ2) is 4.97. The molecule has 0 bridgehead atoms. The molecule has 19 heavy (non-hydrogen) atoms. The monoisotopic (exact) mass is 261 g/mol. The third-order valence-electron chi connectivity index (χ3n) is 2.79. The number of rotatable bonds is 4. The summed E-state index contributed by atoms with van der Waals surface area (Å²) in [6.45, 7) is 0.490. The van der Waals surface area contributed by atoms with E-state index < -0.39 is 5.97 Å². The smallest absolute Gasteiger partial charge is 0.354 e. The number of pyridine rings is 1. The summed E-state index contributed by atoms with van der Waals surface area (Å²) in [5.41, 5.74) is 6.23. The second-order valence-corrected chi connectivity index (χ2v) is 4.22. The van der Waals surface area contributed by atoms with Crippen LogP contribution in [0.15, 0.2) is 24.5 Å². The van der Waals surface area contributed by atoms with Gasteiger partial charge in [-0.1, -0.05) is 0 Å². The largest absolute Gasteiger partial charge is 0.477 e. The van der Waals surface area contributed by atoms with Crippen molar-refractivity contribution < 1.29 is 9.90 Å². The van der Waals surface area contributed by atoms with E-state index in [1.54, 1.807) is 24.2 Å². The van der Waals surface area contributed by atoms with Gasteiger partial charge in [-0.2, -0.15) is 0 Å². The van der Waals surface area contributed by atoms with Crippen molar-refractivity contribution in [2.75, 3.05) is 17.7 Å². The Kier molecular flexibility index (Phi) is 3.37. The van der Waals surface area contributed by atoms with Crippen LogP contribution in [0, 0.1) is 0 Å². The number of carbonyl (C=O) groups is 1. The van der Waals surface area contributed by atoms with Crippen LogP contribution in [0.5, 0.6) is 0 Å². The maximum absolute atomic E-state index is 10.9. The highest BCUT2D eigenvalue weighted by atomic mass is 16.4. The fourth-order valence-electron chi connectivity index (χ4n) is 1.72. The lowest BCUT2D eigenvalue weighted by atomic mass is 10.3. The number of nitrogens with zero attached hydrogens (tertiary/aromatic N) is 4. The number of nitrogen functional groups attached to an aromatic ring is 1. The van der Waals surface area contributed by atoms with Crippen molar-refractivity contribution in [3.05, 3.63) is 36.0 Å². The van der Waals surface area contributed by atoms with Crippen molar-refractivity contribution in [1.82, 2.24) is 14.5 Å². The van der Waals surface area contributed by atoms with Crippen molar-refractivity contribution in [3.63, 3.8) is 0 Å². The van der Waals surface area contributed by atoms with E-state index in [2.05, 4.69) is 9.97 Å². The summed E-state index contributed by atoms with van der Waals surface area (Å²) in [5, 5.41) is 8.94. The van der Waals surface area contributed by atoms with E-state index in [0.717, 1.165) is 5.82 Å². The minimum atomic E-state index is -1.08. The van der Waals surface area contributed by atoms with E-state index in [1.165, 1.54) is 6.07 Å². The quantitative estimate of drug-likeness (QED) is 0.842. The van der Waals surface area contributed by atoms with E-state index >= 15 is 0 Å². The van der Waals surface area contributed by atoms with Gasteiger partial charge < -0.3 is 20.3 Å². The van der Waals surface area contributed by atoms with Gasteiger partial charge >= 0.3 is 5.97 Å². The van der Waals surface area contributed by atoms with Gasteiger partial charge in [-0.05, 0) is 12.1 Å². The number of imidazole rings is 1. The molecule has 0 spiro atoms. The number of hydrogen-bond acceptors (Lipinski definition) is 5. The van der Waals surface area contributed by atoms with Crippen molar-refractivity contribution in [1.29, 1.82) is 0 Å². The summed E-state index contributed by atoms with van der Waals surface area (Å²) in [5.74, 6) is 0.193. The first kappa shape index (κ1) is 12.9. The third kappa shape index (κ3) is 2.65. The number of nitrogens with two attached hydrogens (primary N) is 1. The molecule has 2 heterocycles. The zero-order valence-corrected chi connectivity index (χ0v) is 10.7. The Balaban J connectivity index is 2.28. The molecule has 2 aromatic rings. The first-order chi connectivity index (χ1) is 8.99. The summed E-state index contributed by atoms with van der Waals surface area (Å²) >= 11 is 0. The predicted molar refractivity (Wildman–Crippen MR) is 70.9 cm³/mol. The van der Waals surface area contributed by atoms with Crippen molar-refractivity contribution in [2.45, 2.75) is 6.54 Å². The average Bonchev–Trinajstić information content (AvgIpc) is 2.75. The lowest BCUT2D eigenvalue weighted by Gasteiger charge is -2.19. The summed E-state index contributed by atoms with van der Waals surface area (Å²) in [6, 6.07) is 2.93. The Morgan fingerprint density at radius 1 is 1.53 bits per heavy atom. The summed E-state index contributed by atoms with van der Waals surface area (Å²) in [7, 11) is 3.68. The normalized spacial score (nSPS) is 10.4. The second-order valence-electron chi connectivity index (χ2n) is 4.22. The highest BCUT2D eigenvalue weighted by molar-refractivity contribution is 5.86. The first-order valence-corrected chi connectivity index (χ1v) is 5.66. The SMILES string of the molecule is CN(Cc1nccn1C)c1nc(C(=O)O)ccc1N. The first-order valence-electron chi connectivity index (χ1n) is 5.66. The number of hydrogen-bond donors (Lipinski definition) is 2. The predicted octanol–water partition coefficient (Wildman–Crippen LogP) is 0.732. The minimum Gasteiger partial charge on any atom is -0.477 e. The van der Waals surface area contributed by atoms with E-state index in [0.29, 0.717) is 18.1 Å². The van der Waals surface area contributed by atoms with Crippen LogP contribution in [0.1, 0.15) is 16.3 Å². The van der Waals surface area contributed by atoms with Gasteiger partial charge in [-0.25, -0.2) is 14.8 Å². The van der Waals surface area contributed by atoms with Crippen LogP contribution < -0.4 is 10.6 Å². The van der Waals surface area contributed by atoms with Crippen LogP contribution in [0.3, 0.4) is 0 Å². The highest BCUT2D eigenvalue weighted by Gasteiger charge is 2.13. The van der Waals surface area contributed by atoms with Crippen molar-refractivity contribution >= 4 is 17.5 Å². The van der Waals surface area contributed by atoms with Gasteiger partial charge in [0.15, 0.2) is 11.5 Å². The molecule has 2 rings (SSSR count). The Morgan fingerprint density at radius 2 is 2.26 bits per heavy atom. The Hall–Kier alpha value is -2.57. The Morgan fingerprint density at radius 3 is 2.84 bits per heavy atom. The fraction of sp³-hybridized carbons (Fsp3) is 0.250. The molecular weight excluding hydrogens is 246 g/mol. The summed E-state index contributed by atoms with van der Waals surface area (Å²) < 4.78 is 1.88. The summed E-state index contributed by atoms with van der Waals surface area (Å²) in [4.78, 5) is 20.9. The lowest BCUT2D eigenvalue weighted by molar-refractivity contribution is 0.0690. The Bertz CT molecular complexity index is 608. The van der Waals surface area contributed by atoms with Gasteiger partial charge in [0.05, 0.1) is 12.2 Å². The van der Waals surface area contributed by atoms with E-state index in [4.69, 9.17) is 10.8 Å². The van der Waals surface area contributed by atoms with Crippen LogP contribution >= 0.6 is 0 Å². The van der Waals surface area contributed by atoms with Gasteiger partial charge in [-0.3, -0.25) is 0 Å². The molecule has 0 fully saturated rings. The zero-order chi connectivity index (χ0) is 14.0. The molecule has 100 valence electrons. The van der Waals surface area contributed by atoms with Gasteiger partial charge in [0, 0.05) is 26.5 Å². The molecule has 7 heteroatoms. The van der Waals surface area contributed by atoms with Crippen LogP contribution in [0.25, 0.3) is 0 Å². The van der Waals surface area contributed by atoms with E-state index in [1.807, 2.05) is 17.8 Å². The van der Waals surface area contributed by atoms with Crippen molar-refractivity contribution in [3.8, 4) is 0 Å². The van der Waals surface area contributed by atoms with Crippen LogP contribution in [-0.4, -0.2) is 32.7 Å². The molecule has 0 aliphatic heterocycles. The molecule has 7 nitrogen and oxygen atoms in total. The average molecular weight is 261 g/mol. The molecule has 0 aromatic carbocycles. The lowest BCUT2D eigenvalue weighted by Crippen LogP contribution is -2.22. The number of anilines is 2. The minimum absolute atomic E-state index is 0.0316. The fourth-order valence-corrected chi connectivity index (χ4v) is 1.72. The van der Waals surface area contributed by atoms with Crippen LogP contribution in [0.4, 0.5) is 11.5 Å². The molecule has 3 N–H and O–H groups in total. The van der Waals surface area contributed by atoms with Crippen LogP contribution in [-0.2, 0) is 13.6 Å². The molecule has 0 atom stereocenters. The Labute approximate surface area is 110 Å². The number of carboxylic acids is 1. The van der Waals surface area contributed by atoms with Gasteiger partial charge in [0.1, 0.15) is 5.82 Å². The molecule has 0 saturated carbocycles. The van der Waals surface area contributed by atoms with E-state index in [-0.39, 0.29) is 5.69 Å². The molecule has 0 saturated heterocycles. The van der Waals surface area contributed by atoms with Gasteiger partial charge in [-0.15, -0.1) is 0 Å². The molecule has 0 amide bonds. The standard InChI is InChI=1S/C12H15N5O2/c1-16-6-5-14-10(16)7-17(2)11-8(13)3-4-9(15-11)12(18)19/h3-6H,7,13H2,1-2H3,(H,18,19). The number of aromatic nitrogens is 3. The molecule has 2 aromatic heterocycles. The third-order valence-corrected chi connectivity index (χ3v) is 2.79. The van der Waals surface area contributed by atoms with Gasteiger partial charge in [0.25, 0.3) is 0 Å². The maximum Gasteiger partial charge on any atom is 0.354 e. The number of carboxylic acid groups (broad SMARTS) is 1. The molecule has 0 aliphatic carbocycles. The molecular formula is C12H15N5O2. The van der Waals surface area contributed by atoms with Gasteiger partial charge in [0.2, 0.25) is 0 Å². The molecule has 0 aliphatic rings. The number of aryl methyl sites for hydroxylation is 1. The highest BCUT2D eigenvalue weighted by Crippen LogP contribution is 2.21. The topological polar surface area (TPSA) is 97.3 Å². The number of aromatic carboxylic acids is 1. The van der Waals surface area contributed by atoms with Crippen molar-refractivity contribution in [2.24, 2.45) is 7.05 Å². The molecule has 0 radical (unpaired) electrons. The van der Waals surface area contributed by atoms with Crippen LogP contribution in [0.2, 0.25) is 0 Å².